The summed E-state index contributed by atoms with van der Waals surface area (Å²) in [6.07, 6.45) is 5.93. The topological polar surface area (TPSA) is 39.2 Å². The van der Waals surface area contributed by atoms with Crippen LogP contribution < -0.4 is 0 Å². The van der Waals surface area contributed by atoms with Crippen LogP contribution in [-0.2, 0) is 4.74 Å². The van der Waals surface area contributed by atoms with Gasteiger partial charge in [-0.25, -0.2) is 14.2 Å². The van der Waals surface area contributed by atoms with Gasteiger partial charge < -0.3 is 4.74 Å². The summed E-state index contributed by atoms with van der Waals surface area (Å²) in [5.41, 5.74) is -0.00256. The lowest BCUT2D eigenvalue weighted by Gasteiger charge is -2.21. The molecule has 0 saturated heterocycles. The van der Waals surface area contributed by atoms with Crippen LogP contribution in [0.1, 0.15) is 42.5 Å². The second-order valence-corrected chi connectivity index (χ2v) is 4.52. The summed E-state index contributed by atoms with van der Waals surface area (Å²) in [5, 5.41) is -0.0211. The molecule has 1 aliphatic carbocycles. The Balaban J connectivity index is 2.05. The van der Waals surface area contributed by atoms with Gasteiger partial charge in [0.05, 0.1) is 11.8 Å². The number of hydrogen-bond acceptors (Lipinski definition) is 3. The van der Waals surface area contributed by atoms with Crippen LogP contribution in [0.5, 0.6) is 0 Å². The average Bonchev–Trinajstić information content (AvgIpc) is 2.33. The molecule has 17 heavy (non-hydrogen) atoms. The fraction of sp³-hybridized carbons (Fsp3) is 0.500. The molecule has 0 aromatic carbocycles. The molecule has 0 bridgehead atoms. The number of esters is 1. The molecule has 1 saturated carbocycles. The van der Waals surface area contributed by atoms with Crippen LogP contribution in [0.4, 0.5) is 4.39 Å². The van der Waals surface area contributed by atoms with E-state index in [1.807, 2.05) is 0 Å². The van der Waals surface area contributed by atoms with Crippen LogP contribution in [0.15, 0.2) is 12.3 Å². The predicted molar refractivity (Wildman–Crippen MR) is 61.5 cm³/mol. The summed E-state index contributed by atoms with van der Waals surface area (Å²) < 4.78 is 18.2. The van der Waals surface area contributed by atoms with Crippen molar-refractivity contribution in [3.63, 3.8) is 0 Å². The lowest BCUT2D eigenvalue weighted by molar-refractivity contribution is 0.0210. The molecule has 2 rings (SSSR count). The highest BCUT2D eigenvalue weighted by atomic mass is 35.5. The van der Waals surface area contributed by atoms with E-state index < -0.39 is 11.8 Å². The summed E-state index contributed by atoms with van der Waals surface area (Å²) in [7, 11) is 0. The van der Waals surface area contributed by atoms with E-state index in [9.17, 15) is 9.18 Å². The summed E-state index contributed by atoms with van der Waals surface area (Å²) in [6, 6.07) is 1.06. The van der Waals surface area contributed by atoms with Gasteiger partial charge in [0.15, 0.2) is 0 Å². The molecule has 0 unspecified atom stereocenters. The molecule has 1 aromatic rings. The van der Waals surface area contributed by atoms with Crippen molar-refractivity contribution >= 4 is 17.6 Å². The van der Waals surface area contributed by atoms with Crippen LogP contribution in [0.2, 0.25) is 5.15 Å². The zero-order chi connectivity index (χ0) is 12.3. The first-order chi connectivity index (χ1) is 8.16. The highest BCUT2D eigenvalue weighted by Gasteiger charge is 2.21. The van der Waals surface area contributed by atoms with Crippen molar-refractivity contribution < 1.29 is 13.9 Å². The number of pyridine rings is 1. The second kappa shape index (κ2) is 5.45. The van der Waals surface area contributed by atoms with Gasteiger partial charge in [-0.3, -0.25) is 0 Å². The number of halogens is 2. The van der Waals surface area contributed by atoms with E-state index in [2.05, 4.69) is 4.98 Å². The Morgan fingerprint density at radius 3 is 2.82 bits per heavy atom. The second-order valence-electron chi connectivity index (χ2n) is 4.16. The van der Waals surface area contributed by atoms with Crippen molar-refractivity contribution in [2.24, 2.45) is 0 Å². The zero-order valence-corrected chi connectivity index (χ0v) is 10.0. The van der Waals surface area contributed by atoms with E-state index in [-0.39, 0.29) is 16.8 Å². The number of rotatable bonds is 2. The quantitative estimate of drug-likeness (QED) is 0.602. The van der Waals surface area contributed by atoms with Gasteiger partial charge in [0.1, 0.15) is 17.1 Å². The molecule has 1 aromatic heterocycles. The smallest absolute Gasteiger partial charge is 0.341 e. The van der Waals surface area contributed by atoms with Crippen molar-refractivity contribution in [3.8, 4) is 0 Å². The Kier molecular flexibility index (Phi) is 3.94. The summed E-state index contributed by atoms with van der Waals surface area (Å²) in [6.45, 7) is 0. The first-order valence-electron chi connectivity index (χ1n) is 5.69. The minimum absolute atomic E-state index is 0.00256. The number of nitrogens with zero attached hydrogens (tertiary/aromatic N) is 1. The number of carbonyl (C=O) groups excluding carboxylic acids is 1. The molecule has 92 valence electrons. The van der Waals surface area contributed by atoms with Crippen LogP contribution in [-0.4, -0.2) is 17.1 Å². The molecular formula is C12H13ClFNO2. The molecule has 3 nitrogen and oxygen atoms in total. The number of hydrogen-bond donors (Lipinski definition) is 0. The van der Waals surface area contributed by atoms with Crippen molar-refractivity contribution in [2.75, 3.05) is 0 Å². The molecule has 0 atom stereocenters. The standard InChI is InChI=1S/C12H13ClFNO2/c13-11-10(6-8(14)7-15-11)12(16)17-9-4-2-1-3-5-9/h6-7,9H,1-5H2. The first-order valence-corrected chi connectivity index (χ1v) is 6.06. The molecule has 0 amide bonds. The number of ether oxygens (including phenoxy) is 1. The van der Waals surface area contributed by atoms with Crippen molar-refractivity contribution in [1.29, 1.82) is 0 Å². The Morgan fingerprint density at radius 2 is 2.12 bits per heavy atom. The SMILES string of the molecule is O=C(OC1CCCCC1)c1cc(F)cnc1Cl. The summed E-state index contributed by atoms with van der Waals surface area (Å²) >= 11 is 5.73. The van der Waals surface area contributed by atoms with E-state index in [1.165, 1.54) is 6.42 Å². The zero-order valence-electron chi connectivity index (χ0n) is 9.29. The van der Waals surface area contributed by atoms with Gasteiger partial charge in [0, 0.05) is 0 Å². The van der Waals surface area contributed by atoms with Crippen LogP contribution in [0.3, 0.4) is 0 Å². The third-order valence-corrected chi connectivity index (χ3v) is 3.15. The summed E-state index contributed by atoms with van der Waals surface area (Å²) in [5.74, 6) is -1.18. The lowest BCUT2D eigenvalue weighted by atomic mass is 9.98. The minimum atomic E-state index is -0.593. The van der Waals surface area contributed by atoms with E-state index in [1.54, 1.807) is 0 Å². The fourth-order valence-corrected chi connectivity index (χ4v) is 2.14. The van der Waals surface area contributed by atoms with Crippen molar-refractivity contribution in [2.45, 2.75) is 38.2 Å². The Hall–Kier alpha value is -1.16. The maximum Gasteiger partial charge on any atom is 0.341 e. The number of aromatic nitrogens is 1. The Morgan fingerprint density at radius 1 is 1.41 bits per heavy atom. The normalized spacial score (nSPS) is 16.8. The fourth-order valence-electron chi connectivity index (χ4n) is 1.96. The van der Waals surface area contributed by atoms with E-state index in [4.69, 9.17) is 16.3 Å². The van der Waals surface area contributed by atoms with Crippen LogP contribution >= 0.6 is 11.6 Å². The average molecular weight is 258 g/mol. The van der Waals surface area contributed by atoms with Gasteiger partial charge in [-0.05, 0) is 31.7 Å². The van der Waals surface area contributed by atoms with Gasteiger partial charge in [-0.15, -0.1) is 0 Å². The minimum Gasteiger partial charge on any atom is -0.459 e. The van der Waals surface area contributed by atoms with E-state index >= 15 is 0 Å². The maximum atomic E-state index is 13.0. The molecule has 1 heterocycles. The van der Waals surface area contributed by atoms with E-state index in [0.717, 1.165) is 37.9 Å². The molecule has 0 spiro atoms. The molecule has 0 N–H and O–H groups in total. The molecule has 1 aliphatic rings. The highest BCUT2D eigenvalue weighted by molar-refractivity contribution is 6.32. The van der Waals surface area contributed by atoms with Crippen LogP contribution in [0.25, 0.3) is 0 Å². The van der Waals surface area contributed by atoms with Gasteiger partial charge in [0.2, 0.25) is 0 Å². The molecule has 0 radical (unpaired) electrons. The highest BCUT2D eigenvalue weighted by Crippen LogP contribution is 2.23. The third kappa shape index (κ3) is 3.16. The largest absolute Gasteiger partial charge is 0.459 e. The molecule has 5 heteroatoms. The summed E-state index contributed by atoms with van der Waals surface area (Å²) in [4.78, 5) is 15.4. The molecule has 0 aliphatic heterocycles. The molecular weight excluding hydrogens is 245 g/mol. The lowest BCUT2D eigenvalue weighted by Crippen LogP contribution is -2.21. The monoisotopic (exact) mass is 257 g/mol. The maximum absolute atomic E-state index is 13.0. The Bertz CT molecular complexity index is 419. The van der Waals surface area contributed by atoms with Gasteiger partial charge in [-0.1, -0.05) is 18.0 Å². The number of carbonyl (C=O) groups is 1. The van der Waals surface area contributed by atoms with Crippen LogP contribution in [0, 0.1) is 5.82 Å². The Labute approximate surface area is 104 Å². The van der Waals surface area contributed by atoms with Gasteiger partial charge in [-0.2, -0.15) is 0 Å². The predicted octanol–water partition coefficient (Wildman–Crippen LogP) is 3.36. The van der Waals surface area contributed by atoms with Gasteiger partial charge >= 0.3 is 5.97 Å². The van der Waals surface area contributed by atoms with Gasteiger partial charge in [0.25, 0.3) is 0 Å². The molecule has 1 fully saturated rings. The van der Waals surface area contributed by atoms with Crippen molar-refractivity contribution in [1.82, 2.24) is 4.98 Å². The third-order valence-electron chi connectivity index (χ3n) is 2.85. The van der Waals surface area contributed by atoms with Crippen molar-refractivity contribution in [3.05, 3.63) is 28.8 Å². The first kappa shape index (κ1) is 12.3. The van der Waals surface area contributed by atoms with E-state index in [0.29, 0.717) is 0 Å².